The summed E-state index contributed by atoms with van der Waals surface area (Å²) in [6.45, 7) is 9.00. The molecule has 3 atom stereocenters. The third-order valence-corrected chi connectivity index (χ3v) is 5.03. The standard InChI is InChI=1S/C17H27N3/c1-17(2,3)14-5-7-16(19-9-14)20-10-12-4-6-15(18)8-13(12)11-20/h5,7,9,12-13,15H,4,6,8,10-11,18H2,1-3H3/t12-,13+,15?/m1/s1. The Morgan fingerprint density at radius 3 is 2.55 bits per heavy atom. The van der Waals surface area contributed by atoms with Gasteiger partial charge in [0.15, 0.2) is 0 Å². The van der Waals surface area contributed by atoms with Crippen molar-refractivity contribution in [3.8, 4) is 0 Å². The lowest BCUT2D eigenvalue weighted by Crippen LogP contribution is -2.32. The summed E-state index contributed by atoms with van der Waals surface area (Å²) in [5.74, 6) is 2.75. The maximum absolute atomic E-state index is 6.11. The molecule has 0 amide bonds. The Balaban J connectivity index is 1.71. The minimum absolute atomic E-state index is 0.178. The summed E-state index contributed by atoms with van der Waals surface area (Å²) >= 11 is 0. The number of hydrogen-bond acceptors (Lipinski definition) is 3. The Morgan fingerprint density at radius 2 is 1.90 bits per heavy atom. The average molecular weight is 273 g/mol. The first-order valence-corrected chi connectivity index (χ1v) is 7.90. The zero-order chi connectivity index (χ0) is 14.3. The molecule has 2 fully saturated rings. The Kier molecular flexibility index (Phi) is 3.49. The van der Waals surface area contributed by atoms with E-state index < -0.39 is 0 Å². The molecule has 3 rings (SSSR count). The van der Waals surface area contributed by atoms with E-state index in [1.54, 1.807) is 0 Å². The van der Waals surface area contributed by atoms with Crippen LogP contribution in [0.25, 0.3) is 0 Å². The molecule has 1 saturated carbocycles. The van der Waals surface area contributed by atoms with Gasteiger partial charge in [0.05, 0.1) is 0 Å². The third-order valence-electron chi connectivity index (χ3n) is 5.03. The van der Waals surface area contributed by atoms with Crippen LogP contribution >= 0.6 is 0 Å². The van der Waals surface area contributed by atoms with E-state index >= 15 is 0 Å². The van der Waals surface area contributed by atoms with Gasteiger partial charge in [0.1, 0.15) is 5.82 Å². The highest BCUT2D eigenvalue weighted by molar-refractivity contribution is 5.42. The van der Waals surface area contributed by atoms with E-state index in [1.165, 1.54) is 31.4 Å². The van der Waals surface area contributed by atoms with Crippen LogP contribution < -0.4 is 10.6 Å². The molecule has 0 spiro atoms. The van der Waals surface area contributed by atoms with E-state index in [0.29, 0.717) is 6.04 Å². The summed E-state index contributed by atoms with van der Waals surface area (Å²) in [5.41, 5.74) is 7.59. The summed E-state index contributed by atoms with van der Waals surface area (Å²) in [6.07, 6.45) is 5.73. The highest BCUT2D eigenvalue weighted by Gasteiger charge is 2.37. The third kappa shape index (κ3) is 2.69. The molecular formula is C17H27N3. The molecule has 0 bridgehead atoms. The van der Waals surface area contributed by atoms with Crippen molar-refractivity contribution < 1.29 is 0 Å². The molecule has 0 radical (unpaired) electrons. The van der Waals surface area contributed by atoms with Crippen molar-refractivity contribution in [3.05, 3.63) is 23.9 Å². The molecule has 2 aliphatic rings. The first kappa shape index (κ1) is 13.9. The molecule has 3 nitrogen and oxygen atoms in total. The fraction of sp³-hybridized carbons (Fsp3) is 0.706. The Morgan fingerprint density at radius 1 is 1.15 bits per heavy atom. The zero-order valence-electron chi connectivity index (χ0n) is 13.0. The van der Waals surface area contributed by atoms with E-state index in [2.05, 4.69) is 37.8 Å². The number of anilines is 1. The van der Waals surface area contributed by atoms with Gasteiger partial charge in [0.25, 0.3) is 0 Å². The lowest BCUT2D eigenvalue weighted by atomic mass is 9.79. The number of hydrogen-bond donors (Lipinski definition) is 1. The molecule has 1 unspecified atom stereocenters. The second-order valence-corrected chi connectivity index (χ2v) is 7.65. The van der Waals surface area contributed by atoms with Crippen LogP contribution in [-0.2, 0) is 5.41 Å². The summed E-state index contributed by atoms with van der Waals surface area (Å²) in [4.78, 5) is 7.16. The topological polar surface area (TPSA) is 42.1 Å². The van der Waals surface area contributed by atoms with Crippen molar-refractivity contribution >= 4 is 5.82 Å². The van der Waals surface area contributed by atoms with Crippen LogP contribution in [0.1, 0.15) is 45.6 Å². The van der Waals surface area contributed by atoms with Gasteiger partial charge in [-0.1, -0.05) is 26.8 Å². The first-order chi connectivity index (χ1) is 9.43. The van der Waals surface area contributed by atoms with Crippen LogP contribution in [0.15, 0.2) is 18.3 Å². The fourth-order valence-electron chi connectivity index (χ4n) is 3.67. The molecule has 1 aromatic rings. The van der Waals surface area contributed by atoms with Gasteiger partial charge in [-0.05, 0) is 48.1 Å². The smallest absolute Gasteiger partial charge is 0.128 e. The van der Waals surface area contributed by atoms with Crippen LogP contribution in [0.3, 0.4) is 0 Å². The van der Waals surface area contributed by atoms with Gasteiger partial charge in [-0.25, -0.2) is 4.98 Å². The highest BCUT2D eigenvalue weighted by Crippen LogP contribution is 2.37. The van der Waals surface area contributed by atoms with Gasteiger partial charge >= 0.3 is 0 Å². The normalized spacial score (nSPS) is 30.4. The van der Waals surface area contributed by atoms with Crippen molar-refractivity contribution in [1.82, 2.24) is 4.98 Å². The molecule has 0 aromatic carbocycles. The molecule has 1 saturated heterocycles. The number of aromatic nitrogens is 1. The van der Waals surface area contributed by atoms with E-state index in [1.807, 2.05) is 6.20 Å². The van der Waals surface area contributed by atoms with E-state index in [0.717, 1.165) is 24.2 Å². The lowest BCUT2D eigenvalue weighted by molar-refractivity contribution is 0.271. The van der Waals surface area contributed by atoms with Gasteiger partial charge in [-0.3, -0.25) is 0 Å². The monoisotopic (exact) mass is 273 g/mol. The minimum atomic E-state index is 0.178. The van der Waals surface area contributed by atoms with Gasteiger partial charge in [-0.2, -0.15) is 0 Å². The van der Waals surface area contributed by atoms with Crippen molar-refractivity contribution in [2.75, 3.05) is 18.0 Å². The molecule has 2 heterocycles. The fourth-order valence-corrected chi connectivity index (χ4v) is 3.67. The highest BCUT2D eigenvalue weighted by atomic mass is 15.2. The van der Waals surface area contributed by atoms with E-state index in [9.17, 15) is 0 Å². The van der Waals surface area contributed by atoms with E-state index in [-0.39, 0.29) is 5.41 Å². The number of nitrogens with zero attached hydrogens (tertiary/aromatic N) is 2. The van der Waals surface area contributed by atoms with Crippen LogP contribution in [0.2, 0.25) is 0 Å². The first-order valence-electron chi connectivity index (χ1n) is 7.90. The largest absolute Gasteiger partial charge is 0.356 e. The van der Waals surface area contributed by atoms with Crippen molar-refractivity contribution in [2.24, 2.45) is 17.6 Å². The quantitative estimate of drug-likeness (QED) is 0.855. The average Bonchev–Trinajstić information content (AvgIpc) is 2.80. The van der Waals surface area contributed by atoms with Crippen molar-refractivity contribution in [1.29, 1.82) is 0 Å². The number of fused-ring (bicyclic) bond motifs is 1. The number of pyridine rings is 1. The van der Waals surface area contributed by atoms with Crippen molar-refractivity contribution in [3.63, 3.8) is 0 Å². The molecule has 1 aliphatic carbocycles. The maximum atomic E-state index is 6.11. The van der Waals surface area contributed by atoms with E-state index in [4.69, 9.17) is 10.7 Å². The molecular weight excluding hydrogens is 246 g/mol. The van der Waals surface area contributed by atoms with Gasteiger partial charge < -0.3 is 10.6 Å². The molecule has 1 aromatic heterocycles. The molecule has 20 heavy (non-hydrogen) atoms. The Bertz CT molecular complexity index is 460. The summed E-state index contributed by atoms with van der Waals surface area (Å²) in [6, 6.07) is 4.85. The Hall–Kier alpha value is -1.09. The molecule has 2 N–H and O–H groups in total. The molecule has 3 heteroatoms. The van der Waals surface area contributed by atoms with Gasteiger partial charge in [-0.15, -0.1) is 0 Å². The number of nitrogens with two attached hydrogens (primary N) is 1. The SMILES string of the molecule is CC(C)(C)c1ccc(N2C[C@H]3CCC(N)C[C@H]3C2)nc1. The predicted octanol–water partition coefficient (Wildman–Crippen LogP) is 2.94. The van der Waals surface area contributed by atoms with Crippen LogP contribution in [0.4, 0.5) is 5.82 Å². The Labute approximate surface area is 122 Å². The van der Waals surface area contributed by atoms with Crippen molar-refractivity contribution in [2.45, 2.75) is 51.5 Å². The van der Waals surface area contributed by atoms with Crippen LogP contribution in [-0.4, -0.2) is 24.1 Å². The molecule has 110 valence electrons. The zero-order valence-corrected chi connectivity index (χ0v) is 13.0. The van der Waals surface area contributed by atoms with Gasteiger partial charge in [0.2, 0.25) is 0 Å². The lowest BCUT2D eigenvalue weighted by Gasteiger charge is -2.27. The van der Waals surface area contributed by atoms with Gasteiger partial charge in [0, 0.05) is 25.3 Å². The van der Waals surface area contributed by atoms with Crippen LogP contribution in [0.5, 0.6) is 0 Å². The predicted molar refractivity (Wildman–Crippen MR) is 84.0 cm³/mol. The second-order valence-electron chi connectivity index (χ2n) is 7.65. The van der Waals surface area contributed by atoms with Crippen LogP contribution in [0, 0.1) is 11.8 Å². The maximum Gasteiger partial charge on any atom is 0.128 e. The summed E-state index contributed by atoms with van der Waals surface area (Å²) in [7, 11) is 0. The summed E-state index contributed by atoms with van der Waals surface area (Å²) < 4.78 is 0. The number of rotatable bonds is 1. The minimum Gasteiger partial charge on any atom is -0.356 e. The molecule has 1 aliphatic heterocycles. The second kappa shape index (κ2) is 5.03. The summed E-state index contributed by atoms with van der Waals surface area (Å²) in [5, 5.41) is 0.